The van der Waals surface area contributed by atoms with Gasteiger partial charge in [0.25, 0.3) is 5.91 Å². The fourth-order valence-electron chi connectivity index (χ4n) is 4.73. The van der Waals surface area contributed by atoms with Gasteiger partial charge in [-0.3, -0.25) is 4.79 Å². The number of aromatic nitrogens is 3. The van der Waals surface area contributed by atoms with Crippen LogP contribution in [0.5, 0.6) is 0 Å². The molecule has 0 spiro atoms. The second-order valence-corrected chi connectivity index (χ2v) is 8.08. The zero-order valence-electron chi connectivity index (χ0n) is 16.4. The minimum absolute atomic E-state index is 0.399. The van der Waals surface area contributed by atoms with E-state index in [-0.39, 0.29) is 0 Å². The van der Waals surface area contributed by atoms with Gasteiger partial charge in [-0.15, -0.1) is 0 Å². The molecule has 0 atom stereocenters. The molecule has 2 aromatic rings. The summed E-state index contributed by atoms with van der Waals surface area (Å²) in [6, 6.07) is 3.44. The van der Waals surface area contributed by atoms with Crippen LogP contribution in [0, 0.1) is 0 Å². The van der Waals surface area contributed by atoms with Crippen LogP contribution in [-0.2, 0) is 0 Å². The number of hydrogen-bond donors (Lipinski definition) is 2. The molecule has 148 valence electrons. The summed E-state index contributed by atoms with van der Waals surface area (Å²) >= 11 is 0. The van der Waals surface area contributed by atoms with E-state index in [4.69, 9.17) is 15.7 Å². The average Bonchev–Trinajstić information content (AvgIpc) is 2.75. The Labute approximate surface area is 166 Å². The Kier molecular flexibility index (Phi) is 5.84. The summed E-state index contributed by atoms with van der Waals surface area (Å²) < 4.78 is 0. The second kappa shape index (κ2) is 8.67. The molecule has 4 rings (SSSR count). The molecule has 0 unspecified atom stereocenters. The van der Waals surface area contributed by atoms with Crippen molar-refractivity contribution < 1.29 is 4.79 Å². The third-order valence-corrected chi connectivity index (χ3v) is 6.21. The summed E-state index contributed by atoms with van der Waals surface area (Å²) in [6.45, 7) is 0. The summed E-state index contributed by atoms with van der Waals surface area (Å²) in [5.74, 6) is 0.884. The molecule has 0 bridgehead atoms. The van der Waals surface area contributed by atoms with Crippen LogP contribution >= 0.6 is 0 Å². The van der Waals surface area contributed by atoms with Crippen molar-refractivity contribution in [1.29, 1.82) is 0 Å². The molecule has 6 heteroatoms. The molecule has 28 heavy (non-hydrogen) atoms. The number of amides is 1. The third-order valence-electron chi connectivity index (χ3n) is 6.21. The number of nitrogens with zero attached hydrogens (tertiary/aromatic N) is 3. The molecular formula is C22H29N5O. The number of nitrogens with two attached hydrogens (primary N) is 1. The first kappa shape index (κ1) is 18.8. The van der Waals surface area contributed by atoms with Crippen LogP contribution in [0.3, 0.4) is 0 Å². The molecule has 1 amide bonds. The highest BCUT2D eigenvalue weighted by atomic mass is 16.1. The van der Waals surface area contributed by atoms with Gasteiger partial charge < -0.3 is 11.1 Å². The van der Waals surface area contributed by atoms with E-state index in [1.807, 2.05) is 0 Å². The first-order valence-corrected chi connectivity index (χ1v) is 10.6. The van der Waals surface area contributed by atoms with E-state index in [1.165, 1.54) is 38.5 Å². The molecular weight excluding hydrogens is 350 g/mol. The second-order valence-electron chi connectivity index (χ2n) is 8.08. The molecule has 2 aromatic heterocycles. The maximum absolute atomic E-state index is 11.9. The lowest BCUT2D eigenvalue weighted by Gasteiger charge is -2.28. The average molecular weight is 380 g/mol. The predicted molar refractivity (Wildman–Crippen MR) is 110 cm³/mol. The standard InChI is InChI=1S/C22H29N5O/c23-21(28)17-12-7-13-24-22(17)27-20-18(15-8-3-1-4-9-15)25-14-26-19(20)16-10-5-2-6-11-16/h7,12-16H,1-6,8-11H2,(H2,23,28)(H,24,27). The Morgan fingerprint density at radius 3 is 2.00 bits per heavy atom. The Balaban J connectivity index is 1.76. The summed E-state index contributed by atoms with van der Waals surface area (Å²) in [5.41, 5.74) is 9.10. The Hall–Kier alpha value is -2.50. The zero-order chi connectivity index (χ0) is 19.3. The van der Waals surface area contributed by atoms with Crippen molar-refractivity contribution in [3.8, 4) is 0 Å². The van der Waals surface area contributed by atoms with Crippen molar-refractivity contribution in [2.75, 3.05) is 5.32 Å². The number of carbonyl (C=O) groups excluding carboxylic acids is 1. The molecule has 2 saturated carbocycles. The highest BCUT2D eigenvalue weighted by Crippen LogP contribution is 2.42. The number of hydrogen-bond acceptors (Lipinski definition) is 5. The topological polar surface area (TPSA) is 93.8 Å². The van der Waals surface area contributed by atoms with E-state index in [0.29, 0.717) is 23.2 Å². The summed E-state index contributed by atoms with van der Waals surface area (Å²) in [5, 5.41) is 3.45. The number of pyridine rings is 1. The van der Waals surface area contributed by atoms with E-state index < -0.39 is 5.91 Å². The van der Waals surface area contributed by atoms with Crippen molar-refractivity contribution in [2.45, 2.75) is 76.0 Å². The normalized spacial score (nSPS) is 18.7. The molecule has 0 saturated heterocycles. The first-order chi connectivity index (χ1) is 13.7. The fourth-order valence-corrected chi connectivity index (χ4v) is 4.73. The summed E-state index contributed by atoms with van der Waals surface area (Å²) in [7, 11) is 0. The molecule has 2 aliphatic rings. The van der Waals surface area contributed by atoms with Gasteiger partial charge in [0.15, 0.2) is 0 Å². The van der Waals surface area contributed by atoms with Crippen molar-refractivity contribution >= 4 is 17.4 Å². The lowest BCUT2D eigenvalue weighted by molar-refractivity contribution is 0.100. The Morgan fingerprint density at radius 1 is 0.893 bits per heavy atom. The fraction of sp³-hybridized carbons (Fsp3) is 0.545. The van der Waals surface area contributed by atoms with Gasteiger partial charge in [0.2, 0.25) is 0 Å². The van der Waals surface area contributed by atoms with Crippen molar-refractivity contribution in [3.05, 3.63) is 41.6 Å². The van der Waals surface area contributed by atoms with E-state index in [1.54, 1.807) is 24.7 Å². The van der Waals surface area contributed by atoms with Crippen molar-refractivity contribution in [2.24, 2.45) is 5.73 Å². The number of primary amides is 1. The van der Waals surface area contributed by atoms with Gasteiger partial charge in [-0.25, -0.2) is 15.0 Å². The predicted octanol–water partition coefficient (Wildman–Crippen LogP) is 4.81. The van der Waals surface area contributed by atoms with Gasteiger partial charge in [-0.2, -0.15) is 0 Å². The van der Waals surface area contributed by atoms with E-state index in [2.05, 4.69) is 10.3 Å². The van der Waals surface area contributed by atoms with Gasteiger partial charge >= 0.3 is 0 Å². The quantitative estimate of drug-likeness (QED) is 0.777. The van der Waals surface area contributed by atoms with Gasteiger partial charge in [-0.1, -0.05) is 38.5 Å². The number of anilines is 2. The minimum atomic E-state index is -0.481. The van der Waals surface area contributed by atoms with Crippen molar-refractivity contribution in [1.82, 2.24) is 15.0 Å². The van der Waals surface area contributed by atoms with Gasteiger partial charge in [0.1, 0.15) is 12.1 Å². The maximum Gasteiger partial charge on any atom is 0.252 e. The Morgan fingerprint density at radius 2 is 1.46 bits per heavy atom. The number of carbonyl (C=O) groups is 1. The zero-order valence-corrected chi connectivity index (χ0v) is 16.4. The molecule has 0 radical (unpaired) electrons. The molecule has 2 aliphatic carbocycles. The van der Waals surface area contributed by atoms with Crippen LogP contribution in [0.1, 0.15) is 97.8 Å². The van der Waals surface area contributed by atoms with Crippen molar-refractivity contribution in [3.63, 3.8) is 0 Å². The lowest BCUT2D eigenvalue weighted by atomic mass is 9.82. The van der Waals surface area contributed by atoms with Gasteiger partial charge in [0, 0.05) is 18.0 Å². The molecule has 3 N–H and O–H groups in total. The van der Waals surface area contributed by atoms with Crippen LogP contribution in [-0.4, -0.2) is 20.9 Å². The van der Waals surface area contributed by atoms with Gasteiger partial charge in [-0.05, 0) is 37.8 Å². The SMILES string of the molecule is NC(=O)c1cccnc1Nc1c(C2CCCCC2)ncnc1C1CCCCC1. The van der Waals surface area contributed by atoms with Crippen LogP contribution in [0.4, 0.5) is 11.5 Å². The molecule has 6 nitrogen and oxygen atoms in total. The monoisotopic (exact) mass is 379 g/mol. The molecule has 0 aromatic carbocycles. The summed E-state index contributed by atoms with van der Waals surface area (Å²) in [6.07, 6.45) is 15.6. The van der Waals surface area contributed by atoms with Crippen LogP contribution in [0.25, 0.3) is 0 Å². The first-order valence-electron chi connectivity index (χ1n) is 10.6. The molecule has 0 aliphatic heterocycles. The van der Waals surface area contributed by atoms with Crippen LogP contribution < -0.4 is 11.1 Å². The van der Waals surface area contributed by atoms with Gasteiger partial charge in [0.05, 0.1) is 22.6 Å². The number of nitrogens with one attached hydrogen (secondary N) is 1. The molecule has 2 fully saturated rings. The Bertz CT molecular complexity index is 789. The maximum atomic E-state index is 11.9. The highest BCUT2D eigenvalue weighted by Gasteiger charge is 2.27. The number of rotatable bonds is 5. The van der Waals surface area contributed by atoms with E-state index >= 15 is 0 Å². The largest absolute Gasteiger partial charge is 0.365 e. The molecule has 2 heterocycles. The van der Waals surface area contributed by atoms with E-state index in [0.717, 1.165) is 42.8 Å². The minimum Gasteiger partial charge on any atom is -0.365 e. The van der Waals surface area contributed by atoms with E-state index in [9.17, 15) is 4.79 Å². The highest BCUT2D eigenvalue weighted by molar-refractivity contribution is 5.98. The smallest absolute Gasteiger partial charge is 0.252 e. The third kappa shape index (κ3) is 4.01. The lowest BCUT2D eigenvalue weighted by Crippen LogP contribution is -2.18. The van der Waals surface area contributed by atoms with Crippen LogP contribution in [0.15, 0.2) is 24.7 Å². The van der Waals surface area contributed by atoms with Crippen LogP contribution in [0.2, 0.25) is 0 Å². The summed E-state index contributed by atoms with van der Waals surface area (Å²) in [4.78, 5) is 25.7.